The Morgan fingerprint density at radius 3 is 2.67 bits per heavy atom. The molecule has 2 unspecified atom stereocenters. The summed E-state index contributed by atoms with van der Waals surface area (Å²) in [4.78, 5) is 14.1. The first-order chi connectivity index (χ1) is 8.39. The number of ether oxygens (including phenoxy) is 1. The van der Waals surface area contributed by atoms with Crippen molar-refractivity contribution < 1.29 is 9.53 Å². The molecular weight excluding hydrogens is 228 g/mol. The highest BCUT2D eigenvalue weighted by Crippen LogP contribution is 2.29. The molecule has 1 rings (SSSR count). The van der Waals surface area contributed by atoms with Gasteiger partial charge in [0.15, 0.2) is 0 Å². The lowest BCUT2D eigenvalue weighted by atomic mass is 9.92. The highest BCUT2D eigenvalue weighted by atomic mass is 16.6. The second-order valence-corrected chi connectivity index (χ2v) is 6.13. The molecule has 0 bridgehead atoms. The summed E-state index contributed by atoms with van der Waals surface area (Å²) in [5, 5.41) is 0. The molecule has 0 spiro atoms. The van der Waals surface area contributed by atoms with E-state index in [1.165, 1.54) is 0 Å². The van der Waals surface area contributed by atoms with Gasteiger partial charge >= 0.3 is 6.09 Å². The SMILES string of the molecule is CCC(CCN)C1CCCN1C(=O)OC(C)(C)C. The number of likely N-dealkylation sites (tertiary alicyclic amines) is 1. The van der Waals surface area contributed by atoms with Gasteiger partial charge in [0, 0.05) is 12.6 Å². The van der Waals surface area contributed by atoms with Crippen LogP contribution in [0.15, 0.2) is 0 Å². The molecule has 4 heteroatoms. The maximum Gasteiger partial charge on any atom is 0.410 e. The third-order valence-electron chi connectivity index (χ3n) is 3.53. The Balaban J connectivity index is 2.66. The van der Waals surface area contributed by atoms with Crippen LogP contribution in [0.5, 0.6) is 0 Å². The van der Waals surface area contributed by atoms with Crippen LogP contribution in [0.4, 0.5) is 4.79 Å². The van der Waals surface area contributed by atoms with Crippen LogP contribution in [0.3, 0.4) is 0 Å². The van der Waals surface area contributed by atoms with E-state index in [0.29, 0.717) is 18.5 Å². The predicted molar refractivity (Wildman–Crippen MR) is 73.4 cm³/mol. The highest BCUT2D eigenvalue weighted by molar-refractivity contribution is 5.69. The summed E-state index contributed by atoms with van der Waals surface area (Å²) < 4.78 is 5.48. The number of nitrogens with two attached hydrogens (primary N) is 1. The Hall–Kier alpha value is -0.770. The van der Waals surface area contributed by atoms with Gasteiger partial charge in [-0.25, -0.2) is 4.79 Å². The lowest BCUT2D eigenvalue weighted by molar-refractivity contribution is 0.0171. The number of rotatable bonds is 4. The van der Waals surface area contributed by atoms with E-state index < -0.39 is 5.60 Å². The third kappa shape index (κ3) is 4.16. The molecular formula is C14H28N2O2. The van der Waals surface area contributed by atoms with E-state index in [9.17, 15) is 4.79 Å². The number of carbonyl (C=O) groups excluding carboxylic acids is 1. The Morgan fingerprint density at radius 2 is 2.17 bits per heavy atom. The second kappa shape index (κ2) is 6.41. The molecule has 1 amide bonds. The molecule has 0 saturated carbocycles. The Bertz CT molecular complexity index is 273. The van der Waals surface area contributed by atoms with Crippen LogP contribution in [0.1, 0.15) is 53.4 Å². The molecule has 0 aliphatic carbocycles. The fraction of sp³-hybridized carbons (Fsp3) is 0.929. The average Bonchev–Trinajstić information content (AvgIpc) is 2.72. The van der Waals surface area contributed by atoms with Gasteiger partial charge in [-0.05, 0) is 52.5 Å². The van der Waals surface area contributed by atoms with Crippen molar-refractivity contribution in [3.8, 4) is 0 Å². The lowest BCUT2D eigenvalue weighted by Gasteiger charge is -2.32. The van der Waals surface area contributed by atoms with Crippen molar-refractivity contribution in [2.75, 3.05) is 13.1 Å². The van der Waals surface area contributed by atoms with Crippen LogP contribution in [-0.2, 0) is 4.74 Å². The zero-order valence-electron chi connectivity index (χ0n) is 12.2. The van der Waals surface area contributed by atoms with Crippen molar-refractivity contribution in [2.24, 2.45) is 11.7 Å². The summed E-state index contributed by atoms with van der Waals surface area (Å²) in [5.41, 5.74) is 5.24. The fourth-order valence-electron chi connectivity index (χ4n) is 2.71. The van der Waals surface area contributed by atoms with Crippen LogP contribution in [-0.4, -0.2) is 35.7 Å². The van der Waals surface area contributed by atoms with Gasteiger partial charge in [0.1, 0.15) is 5.60 Å². The number of hydrogen-bond donors (Lipinski definition) is 1. The standard InChI is InChI=1S/C14H28N2O2/c1-5-11(8-9-15)12-7-6-10-16(12)13(17)18-14(2,3)4/h11-12H,5-10,15H2,1-4H3. The quantitative estimate of drug-likeness (QED) is 0.841. The summed E-state index contributed by atoms with van der Waals surface area (Å²) in [7, 11) is 0. The monoisotopic (exact) mass is 256 g/mol. The van der Waals surface area contributed by atoms with Gasteiger partial charge in [-0.15, -0.1) is 0 Å². The van der Waals surface area contributed by atoms with Crippen molar-refractivity contribution in [1.29, 1.82) is 0 Å². The highest BCUT2D eigenvalue weighted by Gasteiger charge is 2.35. The number of hydrogen-bond acceptors (Lipinski definition) is 3. The molecule has 1 aliphatic rings. The minimum atomic E-state index is -0.417. The predicted octanol–water partition coefficient (Wildman–Crippen LogP) is 2.76. The van der Waals surface area contributed by atoms with Crippen LogP contribution in [0.2, 0.25) is 0 Å². The summed E-state index contributed by atoms with van der Waals surface area (Å²) in [6.07, 6.45) is 4.05. The van der Waals surface area contributed by atoms with Gasteiger partial charge in [-0.3, -0.25) is 0 Å². The molecule has 0 aromatic heterocycles. The minimum Gasteiger partial charge on any atom is -0.444 e. The smallest absolute Gasteiger partial charge is 0.410 e. The van der Waals surface area contributed by atoms with Gasteiger partial charge in [0.05, 0.1) is 0 Å². The topological polar surface area (TPSA) is 55.6 Å². The largest absolute Gasteiger partial charge is 0.444 e. The summed E-state index contributed by atoms with van der Waals surface area (Å²) in [5.74, 6) is 0.505. The Labute approximate surface area is 111 Å². The van der Waals surface area contributed by atoms with E-state index in [1.54, 1.807) is 0 Å². The van der Waals surface area contributed by atoms with Crippen LogP contribution >= 0.6 is 0 Å². The van der Waals surface area contributed by atoms with Crippen molar-refractivity contribution >= 4 is 6.09 Å². The molecule has 0 radical (unpaired) electrons. The first kappa shape index (κ1) is 15.3. The number of amides is 1. The van der Waals surface area contributed by atoms with Gasteiger partial charge < -0.3 is 15.4 Å². The van der Waals surface area contributed by atoms with Crippen molar-refractivity contribution in [3.05, 3.63) is 0 Å². The Kier molecular flexibility index (Phi) is 5.45. The van der Waals surface area contributed by atoms with Crippen LogP contribution in [0.25, 0.3) is 0 Å². The maximum absolute atomic E-state index is 12.2. The molecule has 0 aromatic rings. The van der Waals surface area contributed by atoms with Gasteiger partial charge in [-0.2, -0.15) is 0 Å². The van der Waals surface area contributed by atoms with E-state index in [0.717, 1.165) is 32.2 Å². The number of nitrogens with zero attached hydrogens (tertiary/aromatic N) is 1. The summed E-state index contributed by atoms with van der Waals surface area (Å²) in [6, 6.07) is 0.313. The van der Waals surface area contributed by atoms with Crippen molar-refractivity contribution in [2.45, 2.75) is 65.0 Å². The minimum absolute atomic E-state index is 0.166. The molecule has 2 atom stereocenters. The van der Waals surface area contributed by atoms with E-state index >= 15 is 0 Å². The Morgan fingerprint density at radius 1 is 1.50 bits per heavy atom. The van der Waals surface area contributed by atoms with E-state index in [4.69, 9.17) is 10.5 Å². The third-order valence-corrected chi connectivity index (χ3v) is 3.53. The van der Waals surface area contributed by atoms with E-state index in [2.05, 4.69) is 6.92 Å². The van der Waals surface area contributed by atoms with Crippen molar-refractivity contribution in [1.82, 2.24) is 4.90 Å². The molecule has 18 heavy (non-hydrogen) atoms. The summed E-state index contributed by atoms with van der Waals surface area (Å²) in [6.45, 7) is 9.41. The molecule has 4 nitrogen and oxygen atoms in total. The fourth-order valence-corrected chi connectivity index (χ4v) is 2.71. The molecule has 106 valence electrons. The molecule has 1 saturated heterocycles. The van der Waals surface area contributed by atoms with Gasteiger partial charge in [0.2, 0.25) is 0 Å². The lowest BCUT2D eigenvalue weighted by Crippen LogP contribution is -2.43. The normalized spacial score (nSPS) is 22.1. The zero-order chi connectivity index (χ0) is 13.8. The average molecular weight is 256 g/mol. The molecule has 1 fully saturated rings. The molecule has 0 aromatic carbocycles. The molecule has 1 heterocycles. The zero-order valence-corrected chi connectivity index (χ0v) is 12.2. The van der Waals surface area contributed by atoms with Crippen molar-refractivity contribution in [3.63, 3.8) is 0 Å². The van der Waals surface area contributed by atoms with Crippen LogP contribution in [0, 0.1) is 5.92 Å². The second-order valence-electron chi connectivity index (χ2n) is 6.13. The van der Waals surface area contributed by atoms with Crippen LogP contribution < -0.4 is 5.73 Å². The van der Waals surface area contributed by atoms with Gasteiger partial charge in [-0.1, -0.05) is 13.3 Å². The van der Waals surface area contributed by atoms with Gasteiger partial charge in [0.25, 0.3) is 0 Å². The van der Waals surface area contributed by atoms with E-state index in [-0.39, 0.29) is 6.09 Å². The number of carbonyl (C=O) groups is 1. The molecule has 2 N–H and O–H groups in total. The molecule has 1 aliphatic heterocycles. The maximum atomic E-state index is 12.2. The first-order valence-electron chi connectivity index (χ1n) is 7.08. The van der Waals surface area contributed by atoms with E-state index in [1.807, 2.05) is 25.7 Å². The summed E-state index contributed by atoms with van der Waals surface area (Å²) >= 11 is 0. The first-order valence-corrected chi connectivity index (χ1v) is 7.08.